The maximum Gasteiger partial charge on any atom is 0.326 e. The number of rotatable bonds is 43. The number of amides is 11. The Balaban J connectivity index is 3.40. The fraction of sp³-hybridized carbons (Fsp3) is 0.705. The third-order valence-electron chi connectivity index (χ3n) is 14.8. The Morgan fingerprint density at radius 3 is 1.30 bits per heavy atom. The van der Waals surface area contributed by atoms with Gasteiger partial charge in [0.05, 0.1) is 31.3 Å². The number of nitrogens with one attached hydrogen (secondary N) is 11. The van der Waals surface area contributed by atoms with Gasteiger partial charge in [-0.3, -0.25) is 52.7 Å². The Bertz CT molecular complexity index is 2480. The maximum absolute atomic E-state index is 14.4. The van der Waals surface area contributed by atoms with Gasteiger partial charge in [-0.05, 0) is 107 Å². The van der Waals surface area contributed by atoms with Gasteiger partial charge < -0.3 is 91.0 Å². The van der Waals surface area contributed by atoms with Crippen LogP contribution in [0.1, 0.15) is 146 Å². The third-order valence-corrected chi connectivity index (χ3v) is 14.8. The minimum atomic E-state index is -1.76. The van der Waals surface area contributed by atoms with E-state index in [4.69, 9.17) is 17.2 Å². The average molecular weight is 1280 g/mol. The summed E-state index contributed by atoms with van der Waals surface area (Å²) in [7, 11) is 0. The van der Waals surface area contributed by atoms with Crippen LogP contribution in [0.4, 0.5) is 0 Å². The van der Waals surface area contributed by atoms with Crippen molar-refractivity contribution in [3.05, 3.63) is 35.9 Å². The molecule has 20 N–H and O–H groups in total. The van der Waals surface area contributed by atoms with Gasteiger partial charge in [0.15, 0.2) is 0 Å². The highest BCUT2D eigenvalue weighted by Crippen LogP contribution is 2.14. The molecular weight excluding hydrogens is 1170 g/mol. The number of hydrogen-bond acceptors (Lipinski definition) is 17. The second-order valence-corrected chi connectivity index (χ2v) is 24.5. The Kier molecular flexibility index (Phi) is 37.5. The van der Waals surface area contributed by atoms with Crippen LogP contribution >= 0.6 is 0 Å². The van der Waals surface area contributed by atoms with E-state index in [1.54, 1.807) is 78.8 Å². The smallest absolute Gasteiger partial charge is 0.326 e. The molecule has 29 heteroatoms. The third kappa shape index (κ3) is 30.0. The Morgan fingerprint density at radius 1 is 0.433 bits per heavy atom. The van der Waals surface area contributed by atoms with Crippen LogP contribution in [0.25, 0.3) is 0 Å². The van der Waals surface area contributed by atoms with Crippen LogP contribution in [-0.4, -0.2) is 185 Å². The fourth-order valence-corrected chi connectivity index (χ4v) is 9.28. The number of carbonyl (C=O) groups is 12. The zero-order chi connectivity index (χ0) is 68.5. The van der Waals surface area contributed by atoms with E-state index in [0.717, 1.165) is 0 Å². The van der Waals surface area contributed by atoms with Crippen LogP contribution in [0, 0.1) is 29.6 Å². The van der Waals surface area contributed by atoms with Crippen molar-refractivity contribution in [1.29, 1.82) is 0 Å². The van der Waals surface area contributed by atoms with E-state index in [0.29, 0.717) is 50.6 Å². The lowest BCUT2D eigenvalue weighted by atomic mass is 9.96. The lowest BCUT2D eigenvalue weighted by Gasteiger charge is -2.30. The molecule has 90 heavy (non-hydrogen) atoms. The van der Waals surface area contributed by atoms with Crippen molar-refractivity contribution in [1.82, 2.24) is 58.5 Å². The Morgan fingerprint density at radius 2 is 0.833 bits per heavy atom. The van der Waals surface area contributed by atoms with Gasteiger partial charge in [-0.1, -0.05) is 112 Å². The molecule has 11 amide bonds. The van der Waals surface area contributed by atoms with E-state index in [1.807, 2.05) is 20.8 Å². The summed E-state index contributed by atoms with van der Waals surface area (Å²) in [5, 5.41) is 59.1. The molecule has 0 saturated carbocycles. The zero-order valence-corrected chi connectivity index (χ0v) is 54.6. The van der Waals surface area contributed by atoms with Crippen molar-refractivity contribution in [3.8, 4) is 0 Å². The molecule has 0 spiro atoms. The molecule has 0 heterocycles. The lowest BCUT2D eigenvalue weighted by Crippen LogP contribution is -2.63. The summed E-state index contributed by atoms with van der Waals surface area (Å²) in [4.78, 5) is 163. The monoisotopic (exact) mass is 1270 g/mol. The van der Waals surface area contributed by atoms with Crippen molar-refractivity contribution < 1.29 is 72.9 Å². The molecule has 1 aromatic carbocycles. The van der Waals surface area contributed by atoms with Crippen LogP contribution in [0.15, 0.2) is 30.3 Å². The van der Waals surface area contributed by atoms with Gasteiger partial charge in [-0.2, -0.15) is 0 Å². The molecule has 0 fully saturated rings. The molecule has 1 aromatic rings. The zero-order valence-electron chi connectivity index (χ0n) is 54.6. The minimum Gasteiger partial charge on any atom is -0.480 e. The SMILES string of the molecule is CCC(C)C(NC(=O)CNC(=O)C(N)CCCCN)C(=O)NC(CC(C)C)C(=O)NCC(=O)NC(CCCCN)C(=O)NC(C(=O)NC(Cc1ccccc1)C(=O)NC(C(=O)NC(CC(C)C)C(=O)NC(C(=O)NC(C(=O)O)C(C)C)C(C)O)C(C)O)C(C)C. The van der Waals surface area contributed by atoms with E-state index < -0.39 is 174 Å². The van der Waals surface area contributed by atoms with Gasteiger partial charge in [-0.25, -0.2) is 4.79 Å². The summed E-state index contributed by atoms with van der Waals surface area (Å²) < 4.78 is 0. The average Bonchev–Trinajstić information content (AvgIpc) is 1.30. The van der Waals surface area contributed by atoms with Crippen molar-refractivity contribution >= 4 is 70.9 Å². The number of carboxylic acids is 1. The number of aliphatic hydroxyl groups excluding tert-OH is 2. The van der Waals surface area contributed by atoms with E-state index in [-0.39, 0.29) is 44.1 Å². The van der Waals surface area contributed by atoms with E-state index in [2.05, 4.69) is 58.5 Å². The second-order valence-electron chi connectivity index (χ2n) is 24.5. The number of carboxylic acid groups (broad SMARTS) is 1. The Hall–Kier alpha value is -7.34. The molecule has 29 nitrogen and oxygen atoms in total. The van der Waals surface area contributed by atoms with Crippen LogP contribution in [-0.2, 0) is 64.0 Å². The van der Waals surface area contributed by atoms with Gasteiger partial charge in [0.25, 0.3) is 0 Å². The number of aliphatic carboxylic acids is 1. The van der Waals surface area contributed by atoms with Gasteiger partial charge in [0.2, 0.25) is 65.0 Å². The molecule has 0 radical (unpaired) electrons. The summed E-state index contributed by atoms with van der Waals surface area (Å²) in [6.45, 7) is 19.0. The summed E-state index contributed by atoms with van der Waals surface area (Å²) >= 11 is 0. The summed E-state index contributed by atoms with van der Waals surface area (Å²) in [6, 6.07) is -5.00. The maximum atomic E-state index is 14.4. The van der Waals surface area contributed by atoms with Gasteiger partial charge in [-0.15, -0.1) is 0 Å². The quantitative estimate of drug-likeness (QED) is 0.0306. The van der Waals surface area contributed by atoms with Gasteiger partial charge in [0, 0.05) is 6.42 Å². The summed E-state index contributed by atoms with van der Waals surface area (Å²) in [6.07, 6.45) is -0.257. The molecule has 13 atom stereocenters. The molecule has 0 bridgehead atoms. The Labute approximate surface area is 529 Å². The van der Waals surface area contributed by atoms with Gasteiger partial charge in [0.1, 0.15) is 54.4 Å². The molecule has 13 unspecified atom stereocenters. The van der Waals surface area contributed by atoms with Crippen molar-refractivity contribution in [2.75, 3.05) is 26.2 Å². The van der Waals surface area contributed by atoms with Crippen molar-refractivity contribution in [3.63, 3.8) is 0 Å². The van der Waals surface area contributed by atoms with E-state index >= 15 is 0 Å². The highest BCUT2D eigenvalue weighted by atomic mass is 16.4. The molecule has 0 aliphatic heterocycles. The predicted molar refractivity (Wildman–Crippen MR) is 336 cm³/mol. The van der Waals surface area contributed by atoms with Crippen LogP contribution < -0.4 is 75.7 Å². The molecular formula is C61H106N14O15. The molecule has 0 saturated heterocycles. The fourth-order valence-electron chi connectivity index (χ4n) is 9.28. The summed E-state index contributed by atoms with van der Waals surface area (Å²) in [5.41, 5.74) is 17.8. The first-order valence-corrected chi connectivity index (χ1v) is 31.2. The number of nitrogens with two attached hydrogens (primary N) is 3. The molecule has 0 aliphatic carbocycles. The first-order valence-electron chi connectivity index (χ1n) is 31.2. The molecule has 1 rings (SSSR count). The standard InChI is InChI=1S/C61H106N14O15/c1-13-36(10)49(71-46(79)31-65-52(80)40(64)23-17-19-25-62)58(86)68-42(27-32(2)3)53(81)66-30-45(78)67-41(24-18-20-26-63)54(82)72-47(34(6)7)57(85)70-44(29-39-21-15-14-16-22-39)56(84)74-50(37(11)76)59(87)69-43(28-33(4)5)55(83)75-51(38(12)77)60(88)73-48(35(8)9)61(89)90/h14-16,21-22,32-38,40-44,47-51,76-77H,13,17-20,23-31,62-64H2,1-12H3,(H,65,80)(H,66,81)(H,67,78)(H,68,86)(H,69,87)(H,70,85)(H,71,79)(H,72,82)(H,73,88)(H,74,84)(H,75,83)(H,89,90). The second kappa shape index (κ2) is 41.9. The van der Waals surface area contributed by atoms with Gasteiger partial charge >= 0.3 is 5.97 Å². The van der Waals surface area contributed by atoms with Crippen LogP contribution in [0.5, 0.6) is 0 Å². The number of benzene rings is 1. The first-order chi connectivity index (χ1) is 42.2. The molecule has 0 aromatic heterocycles. The largest absolute Gasteiger partial charge is 0.480 e. The van der Waals surface area contributed by atoms with Crippen LogP contribution in [0.2, 0.25) is 0 Å². The van der Waals surface area contributed by atoms with E-state index in [1.165, 1.54) is 13.8 Å². The number of hydrogen-bond donors (Lipinski definition) is 17. The number of aliphatic hydroxyl groups is 2. The predicted octanol–water partition coefficient (Wildman–Crippen LogP) is -2.29. The topological polar surface area (TPSA) is 476 Å². The van der Waals surface area contributed by atoms with E-state index in [9.17, 15) is 72.9 Å². The minimum absolute atomic E-state index is 0.0390. The highest BCUT2D eigenvalue weighted by Gasteiger charge is 2.38. The highest BCUT2D eigenvalue weighted by molar-refractivity contribution is 5.99. The lowest BCUT2D eigenvalue weighted by molar-refractivity contribution is -0.144. The molecule has 510 valence electrons. The summed E-state index contributed by atoms with van der Waals surface area (Å²) in [5.74, 6) is -12.4. The van der Waals surface area contributed by atoms with Crippen molar-refractivity contribution in [2.24, 2.45) is 46.8 Å². The number of unbranched alkanes of at least 4 members (excludes halogenated alkanes) is 2. The normalized spacial score (nSPS) is 15.7. The molecule has 0 aliphatic rings. The number of carbonyl (C=O) groups excluding carboxylic acids is 11. The first kappa shape index (κ1) is 80.7. The van der Waals surface area contributed by atoms with Crippen molar-refractivity contribution in [2.45, 2.75) is 220 Å². The van der Waals surface area contributed by atoms with Crippen LogP contribution in [0.3, 0.4) is 0 Å².